The van der Waals surface area contributed by atoms with Crippen molar-refractivity contribution in [2.75, 3.05) is 4.90 Å². The second kappa shape index (κ2) is 12.1. The van der Waals surface area contributed by atoms with Crippen LogP contribution in [0.2, 0.25) is 0 Å². The smallest absolute Gasteiger partial charge is 0.137 e. The summed E-state index contributed by atoms with van der Waals surface area (Å²) in [6, 6.07) is 74.1. The van der Waals surface area contributed by atoms with Crippen molar-refractivity contribution in [3.63, 3.8) is 0 Å². The molecule has 0 N–H and O–H groups in total. The van der Waals surface area contributed by atoms with Gasteiger partial charge in [0.1, 0.15) is 11.2 Å². The Bertz CT molecular complexity index is 3380. The Kier molecular flexibility index (Phi) is 6.74. The molecule has 1 spiro atoms. The van der Waals surface area contributed by atoms with Gasteiger partial charge in [0.2, 0.25) is 0 Å². The van der Waals surface area contributed by atoms with Crippen LogP contribution in [0.4, 0.5) is 17.1 Å². The highest BCUT2D eigenvalue weighted by atomic mass is 16.3. The summed E-state index contributed by atoms with van der Waals surface area (Å²) >= 11 is 0. The van der Waals surface area contributed by atoms with Gasteiger partial charge in [-0.15, -0.1) is 0 Å². The molecule has 0 fully saturated rings. The Balaban J connectivity index is 1.12. The van der Waals surface area contributed by atoms with Gasteiger partial charge in [0, 0.05) is 22.1 Å². The Morgan fingerprint density at radius 3 is 1.68 bits per heavy atom. The molecule has 13 rings (SSSR count). The van der Waals surface area contributed by atoms with Crippen molar-refractivity contribution >= 4 is 39.0 Å². The molecule has 0 amide bonds. The highest BCUT2D eigenvalue weighted by molar-refractivity contribution is 6.15. The maximum Gasteiger partial charge on any atom is 0.137 e. The van der Waals surface area contributed by atoms with Crippen LogP contribution in [0.15, 0.2) is 205 Å². The molecule has 9 aromatic carbocycles. The van der Waals surface area contributed by atoms with Gasteiger partial charge in [-0.05, 0) is 115 Å². The quantitative estimate of drug-likeness (QED) is 0.177. The van der Waals surface area contributed by atoms with E-state index in [1.165, 1.54) is 72.3 Å². The van der Waals surface area contributed by atoms with E-state index in [9.17, 15) is 0 Å². The number of hydrogen-bond donors (Lipinski definition) is 0. The molecule has 2 heteroatoms. The fraction of sp³-hybridized carbons (Fsp3) is 0.0690. The highest BCUT2D eigenvalue weighted by Crippen LogP contribution is 2.65. The van der Waals surface area contributed by atoms with Gasteiger partial charge in [-0.1, -0.05) is 172 Å². The molecule has 0 saturated carbocycles. The third-order valence-corrected chi connectivity index (χ3v) is 13.9. The highest BCUT2D eigenvalue weighted by Gasteiger charge is 2.52. The molecule has 0 aliphatic heterocycles. The zero-order valence-electron chi connectivity index (χ0n) is 33.4. The van der Waals surface area contributed by atoms with Crippen molar-refractivity contribution in [3.8, 4) is 44.5 Å². The summed E-state index contributed by atoms with van der Waals surface area (Å²) in [7, 11) is 0. The van der Waals surface area contributed by atoms with Crippen LogP contribution in [0.5, 0.6) is 0 Å². The molecule has 0 radical (unpaired) electrons. The van der Waals surface area contributed by atoms with E-state index in [2.05, 4.69) is 219 Å². The number of nitrogens with zero attached hydrogens (tertiary/aromatic N) is 1. The summed E-state index contributed by atoms with van der Waals surface area (Å²) in [5.74, 6) is 0. The first kappa shape index (κ1) is 33.5. The number of hydrogen-bond acceptors (Lipinski definition) is 2. The molecule has 2 nitrogen and oxygen atoms in total. The zero-order valence-corrected chi connectivity index (χ0v) is 33.4. The van der Waals surface area contributed by atoms with Crippen LogP contribution in [0, 0.1) is 0 Å². The topological polar surface area (TPSA) is 16.4 Å². The van der Waals surface area contributed by atoms with Gasteiger partial charge in [0.25, 0.3) is 0 Å². The summed E-state index contributed by atoms with van der Waals surface area (Å²) < 4.78 is 6.80. The number of fused-ring (bicyclic) bond motifs is 16. The summed E-state index contributed by atoms with van der Waals surface area (Å²) in [6.45, 7) is 4.74. The lowest BCUT2D eigenvalue weighted by Crippen LogP contribution is -2.26. The van der Waals surface area contributed by atoms with E-state index in [0.29, 0.717) is 0 Å². The molecule has 0 unspecified atom stereocenters. The van der Waals surface area contributed by atoms with Gasteiger partial charge in [-0.2, -0.15) is 0 Å². The molecular weight excluding hydrogens is 727 g/mol. The van der Waals surface area contributed by atoms with Crippen LogP contribution in [0.3, 0.4) is 0 Å². The lowest BCUT2D eigenvalue weighted by molar-refractivity contribution is 0.660. The molecule has 0 bridgehead atoms. The molecule has 1 heterocycles. The van der Waals surface area contributed by atoms with Gasteiger partial charge in [-0.3, -0.25) is 0 Å². The van der Waals surface area contributed by atoms with E-state index in [1.54, 1.807) is 0 Å². The Labute approximate surface area is 349 Å². The number of furan rings is 1. The average Bonchev–Trinajstić information content (AvgIpc) is 3.99. The Morgan fingerprint density at radius 2 is 0.950 bits per heavy atom. The number of benzene rings is 9. The monoisotopic (exact) mass is 765 g/mol. The largest absolute Gasteiger partial charge is 0.456 e. The van der Waals surface area contributed by atoms with E-state index in [4.69, 9.17) is 4.42 Å². The van der Waals surface area contributed by atoms with Crippen LogP contribution < -0.4 is 4.90 Å². The first-order valence-corrected chi connectivity index (χ1v) is 21.0. The number of anilines is 3. The van der Waals surface area contributed by atoms with Crippen LogP contribution in [-0.4, -0.2) is 0 Å². The third-order valence-electron chi connectivity index (χ3n) is 13.9. The van der Waals surface area contributed by atoms with Gasteiger partial charge in [0.05, 0.1) is 22.2 Å². The summed E-state index contributed by atoms with van der Waals surface area (Å²) in [4.78, 5) is 2.53. The molecule has 1 aromatic heterocycles. The maximum absolute atomic E-state index is 6.80. The van der Waals surface area contributed by atoms with Crippen LogP contribution >= 0.6 is 0 Å². The molecule has 0 atom stereocenters. The van der Waals surface area contributed by atoms with Gasteiger partial charge in [0.15, 0.2) is 0 Å². The zero-order chi connectivity index (χ0) is 39.7. The Hall–Kier alpha value is -7.42. The number of rotatable bonds is 4. The fourth-order valence-corrected chi connectivity index (χ4v) is 11.4. The van der Waals surface area contributed by atoms with Gasteiger partial charge in [-0.25, -0.2) is 0 Å². The van der Waals surface area contributed by atoms with E-state index in [1.807, 2.05) is 0 Å². The fourth-order valence-electron chi connectivity index (χ4n) is 11.4. The second-order valence-corrected chi connectivity index (χ2v) is 17.2. The first-order valence-electron chi connectivity index (χ1n) is 21.0. The van der Waals surface area contributed by atoms with Crippen molar-refractivity contribution in [3.05, 3.63) is 234 Å². The summed E-state index contributed by atoms with van der Waals surface area (Å²) in [5, 5.41) is 2.20. The van der Waals surface area contributed by atoms with Crippen molar-refractivity contribution < 1.29 is 4.42 Å². The van der Waals surface area contributed by atoms with E-state index in [-0.39, 0.29) is 5.41 Å². The predicted octanol–water partition coefficient (Wildman–Crippen LogP) is 15.4. The van der Waals surface area contributed by atoms with E-state index < -0.39 is 5.41 Å². The minimum absolute atomic E-state index is 0.164. The standard InChI is InChI=1S/C58H39NO/c1-57(2)45-22-10-6-18-39(45)42-33-31-38(35-50(42)57)59(52-28-15-29-53-56(52)44-32-30-37(34-54(44)60-53)36-16-4-3-5-17-36)51-27-14-26-49-55(51)43-21-9-13-25-48(43)58(49)46-23-11-7-19-40(46)41-20-8-12-24-47(41)58/h3-35H,1-2H3. The normalized spacial score (nSPS) is 14.4. The van der Waals surface area contributed by atoms with Crippen molar-refractivity contribution in [2.45, 2.75) is 24.7 Å². The molecule has 282 valence electrons. The summed E-state index contributed by atoms with van der Waals surface area (Å²) in [6.07, 6.45) is 0. The predicted molar refractivity (Wildman–Crippen MR) is 248 cm³/mol. The Morgan fingerprint density at radius 1 is 0.383 bits per heavy atom. The van der Waals surface area contributed by atoms with Gasteiger partial charge < -0.3 is 9.32 Å². The molecule has 3 aliphatic carbocycles. The minimum atomic E-state index is -0.454. The van der Waals surface area contributed by atoms with Gasteiger partial charge >= 0.3 is 0 Å². The van der Waals surface area contributed by atoms with E-state index >= 15 is 0 Å². The average molecular weight is 766 g/mol. The van der Waals surface area contributed by atoms with Crippen LogP contribution in [0.25, 0.3) is 66.4 Å². The molecular formula is C58H39NO. The van der Waals surface area contributed by atoms with Crippen molar-refractivity contribution in [1.29, 1.82) is 0 Å². The first-order chi connectivity index (χ1) is 29.5. The van der Waals surface area contributed by atoms with E-state index in [0.717, 1.165) is 44.6 Å². The molecule has 0 saturated heterocycles. The second-order valence-electron chi connectivity index (χ2n) is 17.2. The molecule has 60 heavy (non-hydrogen) atoms. The van der Waals surface area contributed by atoms with Crippen LogP contribution in [-0.2, 0) is 10.8 Å². The van der Waals surface area contributed by atoms with Crippen molar-refractivity contribution in [2.24, 2.45) is 0 Å². The maximum atomic E-state index is 6.80. The van der Waals surface area contributed by atoms with Crippen molar-refractivity contribution in [1.82, 2.24) is 0 Å². The lowest BCUT2D eigenvalue weighted by Gasteiger charge is -2.32. The SMILES string of the molecule is CC1(C)c2ccccc2-c2ccc(N(c3cccc4c3-c3ccccc3C43c4ccccc4-c4ccccc43)c3cccc4oc5cc(-c6ccccc6)ccc5c34)cc21. The molecule has 3 aliphatic rings. The van der Waals surface area contributed by atoms with Crippen LogP contribution in [0.1, 0.15) is 47.2 Å². The summed E-state index contributed by atoms with van der Waals surface area (Å²) in [5.41, 5.74) is 22.6. The molecule has 10 aromatic rings. The third kappa shape index (κ3) is 4.27. The lowest BCUT2D eigenvalue weighted by atomic mass is 9.70. The minimum Gasteiger partial charge on any atom is -0.456 e.